The Bertz CT molecular complexity index is 688. The lowest BCUT2D eigenvalue weighted by Gasteiger charge is -2.11. The average Bonchev–Trinajstić information content (AvgIpc) is 2.51. The molecule has 2 N–H and O–H groups in total. The van der Waals surface area contributed by atoms with Crippen LogP contribution in [-0.4, -0.2) is 18.6 Å². The molecule has 0 aliphatic rings. The van der Waals surface area contributed by atoms with Crippen molar-refractivity contribution in [1.82, 2.24) is 5.32 Å². The molecule has 0 atom stereocenters. The summed E-state index contributed by atoms with van der Waals surface area (Å²) >= 11 is 11.8. The highest BCUT2D eigenvalue weighted by atomic mass is 35.5. The molecule has 4 nitrogen and oxygen atoms in total. The van der Waals surface area contributed by atoms with E-state index >= 15 is 0 Å². The van der Waals surface area contributed by atoms with E-state index in [9.17, 15) is 4.79 Å². The first-order valence-electron chi connectivity index (χ1n) is 7.65. The summed E-state index contributed by atoms with van der Waals surface area (Å²) in [6.45, 7) is 4.75. The normalized spacial score (nSPS) is 10.7. The van der Waals surface area contributed by atoms with Gasteiger partial charge >= 0.3 is 0 Å². The summed E-state index contributed by atoms with van der Waals surface area (Å²) in [5.41, 5.74) is 1.62. The third kappa shape index (κ3) is 6.04. The monoisotopic (exact) mass is 366 g/mol. The molecule has 128 valence electrons. The molecule has 0 aliphatic heterocycles. The van der Waals surface area contributed by atoms with Crippen molar-refractivity contribution in [2.24, 2.45) is 0 Å². The van der Waals surface area contributed by atoms with Crippen LogP contribution >= 0.6 is 23.2 Å². The number of amides is 1. The molecule has 0 radical (unpaired) electrons. The number of rotatable bonds is 7. The second-order valence-electron chi connectivity index (χ2n) is 5.59. The molecule has 2 rings (SSSR count). The average molecular weight is 367 g/mol. The number of carbonyl (C=O) groups is 1. The van der Waals surface area contributed by atoms with Gasteiger partial charge in [-0.3, -0.25) is 4.79 Å². The maximum absolute atomic E-state index is 11.9. The summed E-state index contributed by atoms with van der Waals surface area (Å²) in [4.78, 5) is 11.9. The summed E-state index contributed by atoms with van der Waals surface area (Å²) < 4.78 is 5.59. The molecule has 0 aromatic heterocycles. The number of halogens is 2. The molecule has 0 fully saturated rings. The zero-order valence-corrected chi connectivity index (χ0v) is 15.1. The van der Waals surface area contributed by atoms with Gasteiger partial charge in [0.25, 0.3) is 0 Å². The third-order valence-corrected chi connectivity index (χ3v) is 3.66. The Hall–Kier alpha value is -1.75. The van der Waals surface area contributed by atoms with Crippen molar-refractivity contribution in [2.75, 3.05) is 11.9 Å². The number of hydrogen-bond donors (Lipinski definition) is 2. The van der Waals surface area contributed by atoms with Crippen molar-refractivity contribution in [3.8, 4) is 5.75 Å². The molecule has 0 unspecified atom stereocenters. The number of hydrogen-bond acceptors (Lipinski definition) is 3. The molecular weight excluding hydrogens is 347 g/mol. The van der Waals surface area contributed by atoms with Crippen LogP contribution in [-0.2, 0) is 11.3 Å². The fourth-order valence-electron chi connectivity index (χ4n) is 2.06. The van der Waals surface area contributed by atoms with Gasteiger partial charge in [-0.15, -0.1) is 0 Å². The topological polar surface area (TPSA) is 50.4 Å². The van der Waals surface area contributed by atoms with E-state index in [0.717, 1.165) is 11.3 Å². The maximum Gasteiger partial charge on any atom is 0.238 e. The van der Waals surface area contributed by atoms with E-state index in [0.29, 0.717) is 22.3 Å². The molecule has 0 spiro atoms. The molecule has 0 bridgehead atoms. The Morgan fingerprint density at radius 3 is 2.46 bits per heavy atom. The molecule has 6 heteroatoms. The molecular formula is C18H20Cl2N2O2. The standard InChI is InChI=1S/C18H20Cl2N2O2/c1-12(2)24-15-6-3-13(4-7-15)10-21-11-18(23)22-17-8-5-14(19)9-16(17)20/h3-9,12,21H,10-11H2,1-2H3,(H,22,23). The Labute approximate surface area is 152 Å². The van der Waals surface area contributed by atoms with Gasteiger partial charge < -0.3 is 15.4 Å². The van der Waals surface area contributed by atoms with Gasteiger partial charge in [0, 0.05) is 11.6 Å². The maximum atomic E-state index is 11.9. The van der Waals surface area contributed by atoms with Crippen LogP contribution in [0.1, 0.15) is 19.4 Å². The first kappa shape index (κ1) is 18.6. The quantitative estimate of drug-likeness (QED) is 0.757. The second kappa shape index (κ2) is 8.92. The second-order valence-corrected chi connectivity index (χ2v) is 6.43. The van der Waals surface area contributed by atoms with Gasteiger partial charge in [-0.2, -0.15) is 0 Å². The Morgan fingerprint density at radius 2 is 1.83 bits per heavy atom. The Balaban J connectivity index is 1.78. The zero-order valence-electron chi connectivity index (χ0n) is 13.6. The molecule has 24 heavy (non-hydrogen) atoms. The number of nitrogens with one attached hydrogen (secondary N) is 2. The summed E-state index contributed by atoms with van der Waals surface area (Å²) in [5, 5.41) is 6.78. The molecule has 2 aromatic carbocycles. The highest BCUT2D eigenvalue weighted by molar-refractivity contribution is 6.36. The van der Waals surface area contributed by atoms with Gasteiger partial charge in [-0.25, -0.2) is 0 Å². The van der Waals surface area contributed by atoms with E-state index in [2.05, 4.69) is 10.6 Å². The van der Waals surface area contributed by atoms with Crippen molar-refractivity contribution < 1.29 is 9.53 Å². The minimum Gasteiger partial charge on any atom is -0.491 e. The van der Waals surface area contributed by atoms with Crippen molar-refractivity contribution in [2.45, 2.75) is 26.5 Å². The van der Waals surface area contributed by atoms with E-state index in [1.54, 1.807) is 18.2 Å². The summed E-state index contributed by atoms with van der Waals surface area (Å²) in [5.74, 6) is 0.669. The summed E-state index contributed by atoms with van der Waals surface area (Å²) in [6, 6.07) is 12.7. The van der Waals surface area contributed by atoms with Crippen LogP contribution in [0.4, 0.5) is 5.69 Å². The van der Waals surface area contributed by atoms with Crippen molar-refractivity contribution in [3.63, 3.8) is 0 Å². The largest absolute Gasteiger partial charge is 0.491 e. The van der Waals surface area contributed by atoms with E-state index in [1.807, 2.05) is 38.1 Å². The number of carbonyl (C=O) groups excluding carboxylic acids is 1. The molecule has 0 heterocycles. The van der Waals surface area contributed by atoms with E-state index in [4.69, 9.17) is 27.9 Å². The molecule has 2 aromatic rings. The van der Waals surface area contributed by atoms with Crippen LogP contribution in [0, 0.1) is 0 Å². The van der Waals surface area contributed by atoms with Gasteiger partial charge in [0.05, 0.1) is 23.4 Å². The van der Waals surface area contributed by atoms with Gasteiger partial charge in [-0.05, 0) is 49.7 Å². The minimum absolute atomic E-state index is 0.150. The Kier molecular flexibility index (Phi) is 6.91. The van der Waals surface area contributed by atoms with Crippen LogP contribution in [0.25, 0.3) is 0 Å². The van der Waals surface area contributed by atoms with Crippen molar-refractivity contribution in [3.05, 3.63) is 58.1 Å². The third-order valence-electron chi connectivity index (χ3n) is 3.12. The highest BCUT2D eigenvalue weighted by Crippen LogP contribution is 2.25. The van der Waals surface area contributed by atoms with Crippen LogP contribution < -0.4 is 15.4 Å². The lowest BCUT2D eigenvalue weighted by molar-refractivity contribution is -0.115. The van der Waals surface area contributed by atoms with Crippen molar-refractivity contribution >= 4 is 34.8 Å². The lowest BCUT2D eigenvalue weighted by atomic mass is 10.2. The predicted molar refractivity (Wildman–Crippen MR) is 99.0 cm³/mol. The minimum atomic E-state index is -0.168. The van der Waals surface area contributed by atoms with Crippen molar-refractivity contribution in [1.29, 1.82) is 0 Å². The van der Waals surface area contributed by atoms with E-state index in [1.165, 1.54) is 0 Å². The van der Waals surface area contributed by atoms with Gasteiger partial charge in [0.1, 0.15) is 5.75 Å². The number of benzene rings is 2. The SMILES string of the molecule is CC(C)Oc1ccc(CNCC(=O)Nc2ccc(Cl)cc2Cl)cc1. The first-order valence-corrected chi connectivity index (χ1v) is 8.41. The highest BCUT2D eigenvalue weighted by Gasteiger charge is 2.06. The van der Waals surface area contributed by atoms with E-state index in [-0.39, 0.29) is 18.6 Å². The summed E-state index contributed by atoms with van der Waals surface area (Å²) in [6.07, 6.45) is 0.150. The van der Waals surface area contributed by atoms with Gasteiger partial charge in [0.15, 0.2) is 0 Å². The fourth-order valence-corrected chi connectivity index (χ4v) is 2.52. The molecule has 1 amide bonds. The van der Waals surface area contributed by atoms with Crippen LogP contribution in [0.3, 0.4) is 0 Å². The molecule has 0 saturated heterocycles. The zero-order chi connectivity index (χ0) is 17.5. The van der Waals surface area contributed by atoms with E-state index < -0.39 is 0 Å². The Morgan fingerprint density at radius 1 is 1.12 bits per heavy atom. The fraction of sp³-hybridized carbons (Fsp3) is 0.278. The van der Waals surface area contributed by atoms with Gasteiger partial charge in [-0.1, -0.05) is 35.3 Å². The summed E-state index contributed by atoms with van der Waals surface area (Å²) in [7, 11) is 0. The molecule has 0 saturated carbocycles. The van der Waals surface area contributed by atoms with Crippen LogP contribution in [0.5, 0.6) is 5.75 Å². The number of ether oxygens (including phenoxy) is 1. The number of anilines is 1. The van der Waals surface area contributed by atoms with Crippen LogP contribution in [0.15, 0.2) is 42.5 Å². The van der Waals surface area contributed by atoms with Crippen LogP contribution in [0.2, 0.25) is 10.0 Å². The first-order chi connectivity index (χ1) is 11.4. The predicted octanol–water partition coefficient (Wildman–Crippen LogP) is 4.51. The molecule has 0 aliphatic carbocycles. The smallest absolute Gasteiger partial charge is 0.238 e. The van der Waals surface area contributed by atoms with Gasteiger partial charge in [0.2, 0.25) is 5.91 Å². The lowest BCUT2D eigenvalue weighted by Crippen LogP contribution is -2.27.